The summed E-state index contributed by atoms with van der Waals surface area (Å²) in [5.41, 5.74) is 0.905. The molecule has 1 saturated carbocycles. The predicted octanol–water partition coefficient (Wildman–Crippen LogP) is 1.87. The molecule has 5 heteroatoms. The summed E-state index contributed by atoms with van der Waals surface area (Å²) < 4.78 is 1.61. The average molecular weight is 292 g/mol. The van der Waals surface area contributed by atoms with Gasteiger partial charge in [-0.2, -0.15) is 5.10 Å². The van der Waals surface area contributed by atoms with E-state index in [9.17, 15) is 4.79 Å². The SMILES string of the molecule is CCCNC(Cn1ncc(N(C)CCC)cc1=O)C1CC1. The minimum atomic E-state index is -0.000554. The summed E-state index contributed by atoms with van der Waals surface area (Å²) in [5, 5.41) is 7.92. The first-order valence-corrected chi connectivity index (χ1v) is 8.17. The highest BCUT2D eigenvalue weighted by Crippen LogP contribution is 2.33. The lowest BCUT2D eigenvalue weighted by atomic mass is 10.2. The van der Waals surface area contributed by atoms with Gasteiger partial charge in [0.2, 0.25) is 0 Å². The molecule has 0 spiro atoms. The second-order valence-electron chi connectivity index (χ2n) is 6.05. The molecule has 5 nitrogen and oxygen atoms in total. The monoisotopic (exact) mass is 292 g/mol. The summed E-state index contributed by atoms with van der Waals surface area (Å²) >= 11 is 0. The van der Waals surface area contributed by atoms with Gasteiger partial charge >= 0.3 is 0 Å². The molecule has 0 saturated heterocycles. The minimum absolute atomic E-state index is 0.000554. The molecule has 1 heterocycles. The van der Waals surface area contributed by atoms with Crippen LogP contribution in [0, 0.1) is 5.92 Å². The molecular weight excluding hydrogens is 264 g/mol. The third-order valence-electron chi connectivity index (χ3n) is 4.07. The van der Waals surface area contributed by atoms with Crippen molar-refractivity contribution in [2.75, 3.05) is 25.0 Å². The summed E-state index contributed by atoms with van der Waals surface area (Å²) in [6, 6.07) is 2.08. The smallest absolute Gasteiger partial charge is 0.268 e. The Kier molecular flexibility index (Phi) is 5.79. The van der Waals surface area contributed by atoms with Crippen molar-refractivity contribution in [3.8, 4) is 0 Å². The van der Waals surface area contributed by atoms with Crippen molar-refractivity contribution in [1.82, 2.24) is 15.1 Å². The molecule has 2 rings (SSSR count). The fraction of sp³-hybridized carbons (Fsp3) is 0.750. The number of nitrogens with zero attached hydrogens (tertiary/aromatic N) is 3. The summed E-state index contributed by atoms with van der Waals surface area (Å²) in [5.74, 6) is 0.715. The van der Waals surface area contributed by atoms with Crippen LogP contribution < -0.4 is 15.8 Å². The molecule has 1 N–H and O–H groups in total. The maximum Gasteiger partial charge on any atom is 0.268 e. The number of hydrogen-bond acceptors (Lipinski definition) is 4. The lowest BCUT2D eigenvalue weighted by Gasteiger charge is -2.20. The molecule has 0 aliphatic heterocycles. The fourth-order valence-corrected chi connectivity index (χ4v) is 2.63. The number of rotatable bonds is 9. The van der Waals surface area contributed by atoms with E-state index in [0.29, 0.717) is 18.5 Å². The van der Waals surface area contributed by atoms with Crippen molar-refractivity contribution in [1.29, 1.82) is 0 Å². The van der Waals surface area contributed by atoms with Crippen LogP contribution in [0.1, 0.15) is 39.5 Å². The Balaban J connectivity index is 2.04. The van der Waals surface area contributed by atoms with Crippen LogP contribution in [0.25, 0.3) is 0 Å². The summed E-state index contributed by atoms with van der Waals surface area (Å²) in [6.45, 7) is 6.92. The van der Waals surface area contributed by atoms with E-state index in [0.717, 1.165) is 31.6 Å². The van der Waals surface area contributed by atoms with Crippen molar-refractivity contribution in [2.24, 2.45) is 5.92 Å². The van der Waals surface area contributed by atoms with E-state index in [1.54, 1.807) is 16.9 Å². The van der Waals surface area contributed by atoms with Crippen LogP contribution in [0.15, 0.2) is 17.1 Å². The topological polar surface area (TPSA) is 50.2 Å². The van der Waals surface area contributed by atoms with Gasteiger partial charge in [0, 0.05) is 25.7 Å². The molecule has 1 aromatic rings. The zero-order valence-corrected chi connectivity index (χ0v) is 13.5. The van der Waals surface area contributed by atoms with Crippen LogP contribution in [0.4, 0.5) is 5.69 Å². The standard InChI is InChI=1S/C16H28N4O/c1-4-8-17-15(13-6-7-13)12-20-16(21)10-14(11-18-20)19(3)9-5-2/h10-11,13,15,17H,4-9,12H2,1-3H3. The largest absolute Gasteiger partial charge is 0.373 e. The summed E-state index contributed by atoms with van der Waals surface area (Å²) in [4.78, 5) is 14.3. The van der Waals surface area contributed by atoms with E-state index in [1.807, 2.05) is 7.05 Å². The highest BCUT2D eigenvalue weighted by atomic mass is 16.1. The van der Waals surface area contributed by atoms with Crippen molar-refractivity contribution in [3.05, 3.63) is 22.6 Å². The first-order valence-electron chi connectivity index (χ1n) is 8.17. The normalized spacial score (nSPS) is 16.0. The molecule has 1 fully saturated rings. The van der Waals surface area contributed by atoms with Gasteiger partial charge in [-0.25, -0.2) is 4.68 Å². The zero-order valence-electron chi connectivity index (χ0n) is 13.5. The Morgan fingerprint density at radius 1 is 1.43 bits per heavy atom. The van der Waals surface area contributed by atoms with E-state index in [4.69, 9.17) is 0 Å². The second kappa shape index (κ2) is 7.59. The Bertz CT molecular complexity index is 495. The van der Waals surface area contributed by atoms with Gasteiger partial charge in [-0.3, -0.25) is 4.79 Å². The van der Waals surface area contributed by atoms with Crippen LogP contribution in [0.5, 0.6) is 0 Å². The van der Waals surface area contributed by atoms with Crippen molar-refractivity contribution < 1.29 is 0 Å². The third-order valence-corrected chi connectivity index (χ3v) is 4.07. The van der Waals surface area contributed by atoms with Crippen molar-refractivity contribution >= 4 is 5.69 Å². The average Bonchev–Trinajstić information content (AvgIpc) is 3.29. The molecule has 1 aliphatic rings. The molecule has 21 heavy (non-hydrogen) atoms. The second-order valence-corrected chi connectivity index (χ2v) is 6.05. The van der Waals surface area contributed by atoms with Gasteiger partial charge in [0.05, 0.1) is 18.4 Å². The van der Waals surface area contributed by atoms with E-state index in [1.165, 1.54) is 12.8 Å². The Morgan fingerprint density at radius 2 is 2.19 bits per heavy atom. The minimum Gasteiger partial charge on any atom is -0.373 e. The predicted molar refractivity (Wildman–Crippen MR) is 86.9 cm³/mol. The molecule has 0 amide bonds. The lowest BCUT2D eigenvalue weighted by Crippen LogP contribution is -2.39. The van der Waals surface area contributed by atoms with Gasteiger partial charge in [0.15, 0.2) is 0 Å². The van der Waals surface area contributed by atoms with E-state index in [-0.39, 0.29) is 5.56 Å². The van der Waals surface area contributed by atoms with Crippen molar-refractivity contribution in [3.63, 3.8) is 0 Å². The lowest BCUT2D eigenvalue weighted by molar-refractivity contribution is 0.381. The van der Waals surface area contributed by atoms with Gasteiger partial charge in [-0.05, 0) is 38.1 Å². The van der Waals surface area contributed by atoms with Gasteiger partial charge in [-0.1, -0.05) is 13.8 Å². The van der Waals surface area contributed by atoms with Crippen LogP contribution in [-0.4, -0.2) is 36.0 Å². The van der Waals surface area contributed by atoms with Gasteiger partial charge in [-0.15, -0.1) is 0 Å². The van der Waals surface area contributed by atoms with Gasteiger partial charge in [0.1, 0.15) is 0 Å². The first kappa shape index (κ1) is 16.0. The van der Waals surface area contributed by atoms with Crippen molar-refractivity contribution in [2.45, 2.75) is 52.1 Å². The van der Waals surface area contributed by atoms with Crippen LogP contribution in [-0.2, 0) is 6.54 Å². The quantitative estimate of drug-likeness (QED) is 0.755. The zero-order chi connectivity index (χ0) is 15.2. The maximum absolute atomic E-state index is 12.2. The molecule has 0 aromatic carbocycles. The molecule has 0 bridgehead atoms. The molecule has 0 radical (unpaired) electrons. The molecule has 118 valence electrons. The third kappa shape index (κ3) is 4.56. The van der Waals surface area contributed by atoms with E-state index in [2.05, 4.69) is 29.2 Å². The van der Waals surface area contributed by atoms with Crippen LogP contribution >= 0.6 is 0 Å². The highest BCUT2D eigenvalue weighted by Gasteiger charge is 2.31. The van der Waals surface area contributed by atoms with Gasteiger partial charge < -0.3 is 10.2 Å². The molecule has 1 unspecified atom stereocenters. The Morgan fingerprint density at radius 3 is 2.76 bits per heavy atom. The summed E-state index contributed by atoms with van der Waals surface area (Å²) in [6.07, 6.45) is 6.53. The fourth-order valence-electron chi connectivity index (χ4n) is 2.63. The molecule has 1 atom stereocenters. The van der Waals surface area contributed by atoms with E-state index >= 15 is 0 Å². The number of nitrogens with one attached hydrogen (secondary N) is 1. The highest BCUT2D eigenvalue weighted by molar-refractivity contribution is 5.41. The first-order chi connectivity index (χ1) is 10.2. The van der Waals surface area contributed by atoms with Gasteiger partial charge in [0.25, 0.3) is 5.56 Å². The number of anilines is 1. The number of aromatic nitrogens is 2. The number of hydrogen-bond donors (Lipinski definition) is 1. The Hall–Kier alpha value is -1.36. The Labute approximate surface area is 127 Å². The summed E-state index contributed by atoms with van der Waals surface area (Å²) in [7, 11) is 2.00. The molecule has 1 aromatic heterocycles. The molecule has 1 aliphatic carbocycles. The van der Waals surface area contributed by atoms with E-state index < -0.39 is 0 Å². The maximum atomic E-state index is 12.2. The molecular formula is C16H28N4O. The van der Waals surface area contributed by atoms with Crippen LogP contribution in [0.3, 0.4) is 0 Å². The van der Waals surface area contributed by atoms with Crippen LogP contribution in [0.2, 0.25) is 0 Å².